The first-order chi connectivity index (χ1) is 7.67. The van der Waals surface area contributed by atoms with E-state index < -0.39 is 0 Å². The van der Waals surface area contributed by atoms with E-state index in [1.54, 1.807) is 7.05 Å². The van der Waals surface area contributed by atoms with Crippen LogP contribution in [0, 0.1) is 5.92 Å². The van der Waals surface area contributed by atoms with Crippen LogP contribution < -0.4 is 5.32 Å². The van der Waals surface area contributed by atoms with Gasteiger partial charge in [0, 0.05) is 19.6 Å². The zero-order chi connectivity index (χ0) is 12.0. The van der Waals surface area contributed by atoms with Crippen molar-refractivity contribution in [3.8, 4) is 0 Å². The maximum Gasteiger partial charge on any atom is 0.233 e. The van der Waals surface area contributed by atoms with Crippen molar-refractivity contribution in [2.75, 3.05) is 39.9 Å². The molecule has 0 aliphatic carbocycles. The lowest BCUT2D eigenvalue weighted by Crippen LogP contribution is -2.40. The molecule has 16 heavy (non-hydrogen) atoms. The van der Waals surface area contributed by atoms with Crippen LogP contribution in [0.4, 0.5) is 0 Å². The molecule has 1 amide bonds. The van der Waals surface area contributed by atoms with Crippen LogP contribution in [0.1, 0.15) is 13.3 Å². The van der Waals surface area contributed by atoms with Gasteiger partial charge in [0.05, 0.1) is 19.7 Å². The molecule has 0 saturated carbocycles. The number of hydrogen-bond donors (Lipinski definition) is 1. The molecule has 1 atom stereocenters. The van der Waals surface area contributed by atoms with Crippen molar-refractivity contribution in [3.63, 3.8) is 0 Å². The average molecular weight is 228 g/mol. The van der Waals surface area contributed by atoms with E-state index in [1.807, 2.05) is 11.8 Å². The Morgan fingerprint density at radius 1 is 1.44 bits per heavy atom. The number of nitrogens with one attached hydrogen (secondary N) is 1. The highest BCUT2D eigenvalue weighted by atomic mass is 16.5. The fraction of sp³-hybridized carbons (Fsp3) is 0.818. The fourth-order valence-corrected chi connectivity index (χ4v) is 1.70. The van der Waals surface area contributed by atoms with Crippen LogP contribution in [0.5, 0.6) is 0 Å². The molecule has 1 heterocycles. The molecule has 0 aromatic rings. The standard InChI is InChI=1S/C11H20N2O3/c1-3-13(7-11(15)12-2)6-10(14)9-4-5-16-8-9/h9H,3-8H2,1-2H3,(H,12,15). The summed E-state index contributed by atoms with van der Waals surface area (Å²) in [6.45, 7) is 4.49. The van der Waals surface area contributed by atoms with Gasteiger partial charge in [0.2, 0.25) is 5.91 Å². The second-order valence-corrected chi connectivity index (χ2v) is 4.00. The molecule has 1 rings (SSSR count). The van der Waals surface area contributed by atoms with Crippen molar-refractivity contribution < 1.29 is 14.3 Å². The van der Waals surface area contributed by atoms with E-state index >= 15 is 0 Å². The Morgan fingerprint density at radius 3 is 2.69 bits per heavy atom. The van der Waals surface area contributed by atoms with Crippen LogP contribution in [0.2, 0.25) is 0 Å². The molecular formula is C11H20N2O3. The Labute approximate surface area is 96.1 Å². The lowest BCUT2D eigenvalue weighted by Gasteiger charge is -2.19. The van der Waals surface area contributed by atoms with Crippen LogP contribution in [0.15, 0.2) is 0 Å². The maximum atomic E-state index is 11.8. The summed E-state index contributed by atoms with van der Waals surface area (Å²) < 4.78 is 5.18. The Hall–Kier alpha value is -0.940. The third kappa shape index (κ3) is 3.90. The molecule has 92 valence electrons. The van der Waals surface area contributed by atoms with Gasteiger partial charge in [0.1, 0.15) is 0 Å². The van der Waals surface area contributed by atoms with Gasteiger partial charge in [0.25, 0.3) is 0 Å². The van der Waals surface area contributed by atoms with Crippen LogP contribution in [-0.4, -0.2) is 56.5 Å². The van der Waals surface area contributed by atoms with E-state index in [9.17, 15) is 9.59 Å². The van der Waals surface area contributed by atoms with E-state index in [-0.39, 0.29) is 24.2 Å². The first-order valence-corrected chi connectivity index (χ1v) is 5.70. The second kappa shape index (κ2) is 6.60. The predicted octanol–water partition coefficient (Wildman–Crippen LogP) is -0.340. The molecule has 1 unspecified atom stereocenters. The van der Waals surface area contributed by atoms with Crippen molar-refractivity contribution in [1.29, 1.82) is 0 Å². The fourth-order valence-electron chi connectivity index (χ4n) is 1.70. The minimum Gasteiger partial charge on any atom is -0.381 e. The van der Waals surface area contributed by atoms with Crippen molar-refractivity contribution in [1.82, 2.24) is 10.2 Å². The third-order valence-electron chi connectivity index (χ3n) is 2.86. The maximum absolute atomic E-state index is 11.8. The van der Waals surface area contributed by atoms with Gasteiger partial charge in [-0.05, 0) is 13.0 Å². The largest absolute Gasteiger partial charge is 0.381 e. The molecular weight excluding hydrogens is 208 g/mol. The summed E-state index contributed by atoms with van der Waals surface area (Å²) in [4.78, 5) is 24.9. The van der Waals surface area contributed by atoms with Crippen LogP contribution in [-0.2, 0) is 14.3 Å². The molecule has 5 nitrogen and oxygen atoms in total. The van der Waals surface area contributed by atoms with Crippen molar-refractivity contribution in [2.24, 2.45) is 5.92 Å². The van der Waals surface area contributed by atoms with Crippen molar-refractivity contribution >= 4 is 11.7 Å². The normalized spacial score (nSPS) is 20.1. The van der Waals surface area contributed by atoms with Gasteiger partial charge in [-0.1, -0.05) is 6.92 Å². The van der Waals surface area contributed by atoms with Crippen molar-refractivity contribution in [2.45, 2.75) is 13.3 Å². The average Bonchev–Trinajstić information content (AvgIpc) is 2.81. The Morgan fingerprint density at radius 2 is 2.19 bits per heavy atom. The molecule has 1 saturated heterocycles. The summed E-state index contributed by atoms with van der Waals surface area (Å²) in [5.41, 5.74) is 0. The van der Waals surface area contributed by atoms with Crippen molar-refractivity contribution in [3.05, 3.63) is 0 Å². The molecule has 0 bridgehead atoms. The Bertz CT molecular complexity index is 250. The van der Waals surface area contributed by atoms with E-state index in [2.05, 4.69) is 5.32 Å². The number of rotatable bonds is 6. The highest BCUT2D eigenvalue weighted by Gasteiger charge is 2.24. The minimum absolute atomic E-state index is 0.0266. The number of carbonyl (C=O) groups excluding carboxylic acids is 2. The molecule has 1 aliphatic rings. The van der Waals surface area contributed by atoms with Gasteiger partial charge in [0.15, 0.2) is 5.78 Å². The summed E-state index contributed by atoms with van der Waals surface area (Å²) in [7, 11) is 1.60. The summed E-state index contributed by atoms with van der Waals surface area (Å²) >= 11 is 0. The zero-order valence-corrected chi connectivity index (χ0v) is 9.99. The van der Waals surface area contributed by atoms with E-state index in [0.717, 1.165) is 6.42 Å². The number of amides is 1. The number of carbonyl (C=O) groups is 2. The quantitative estimate of drug-likeness (QED) is 0.675. The third-order valence-corrected chi connectivity index (χ3v) is 2.86. The molecule has 0 radical (unpaired) electrons. The van der Waals surface area contributed by atoms with E-state index in [1.165, 1.54) is 0 Å². The second-order valence-electron chi connectivity index (χ2n) is 4.00. The molecule has 0 aromatic carbocycles. The molecule has 0 aromatic heterocycles. The molecule has 1 N–H and O–H groups in total. The van der Waals surface area contributed by atoms with Gasteiger partial charge >= 0.3 is 0 Å². The topological polar surface area (TPSA) is 58.6 Å². The summed E-state index contributed by atoms with van der Waals surface area (Å²) in [6, 6.07) is 0. The number of ketones is 1. The number of hydrogen-bond acceptors (Lipinski definition) is 4. The van der Waals surface area contributed by atoms with Crippen LogP contribution >= 0.6 is 0 Å². The highest BCUT2D eigenvalue weighted by molar-refractivity contribution is 5.84. The first-order valence-electron chi connectivity index (χ1n) is 5.70. The highest BCUT2D eigenvalue weighted by Crippen LogP contribution is 2.13. The first kappa shape index (κ1) is 13.1. The van der Waals surface area contributed by atoms with Gasteiger partial charge in [-0.25, -0.2) is 0 Å². The number of ether oxygens (including phenoxy) is 1. The van der Waals surface area contributed by atoms with Crippen LogP contribution in [0.25, 0.3) is 0 Å². The van der Waals surface area contributed by atoms with Gasteiger partial charge in [-0.3, -0.25) is 14.5 Å². The van der Waals surface area contributed by atoms with Gasteiger partial charge in [-0.15, -0.1) is 0 Å². The van der Waals surface area contributed by atoms with Gasteiger partial charge < -0.3 is 10.1 Å². The molecule has 1 fully saturated rings. The smallest absolute Gasteiger partial charge is 0.233 e. The summed E-state index contributed by atoms with van der Waals surface area (Å²) in [5, 5.41) is 2.56. The van der Waals surface area contributed by atoms with Gasteiger partial charge in [-0.2, -0.15) is 0 Å². The minimum atomic E-state index is -0.0580. The number of Topliss-reactive ketones (excluding diaryl/α,β-unsaturated/α-hetero) is 1. The molecule has 1 aliphatic heterocycles. The summed E-state index contributed by atoms with van der Waals surface area (Å²) in [6.07, 6.45) is 0.816. The van der Waals surface area contributed by atoms with E-state index in [4.69, 9.17) is 4.74 Å². The Balaban J connectivity index is 2.36. The monoisotopic (exact) mass is 228 g/mol. The number of nitrogens with zero attached hydrogens (tertiary/aromatic N) is 1. The lowest BCUT2D eigenvalue weighted by atomic mass is 10.0. The number of likely N-dealkylation sites (N-methyl/N-ethyl adjacent to an activating group) is 2. The van der Waals surface area contributed by atoms with E-state index in [0.29, 0.717) is 26.3 Å². The SMILES string of the molecule is CCN(CC(=O)NC)CC(=O)C1CCOC1. The summed E-state index contributed by atoms with van der Waals surface area (Å²) in [5.74, 6) is 0.152. The predicted molar refractivity (Wildman–Crippen MR) is 60.1 cm³/mol. The van der Waals surface area contributed by atoms with Crippen LogP contribution in [0.3, 0.4) is 0 Å². The zero-order valence-electron chi connectivity index (χ0n) is 9.99. The molecule has 5 heteroatoms. The lowest BCUT2D eigenvalue weighted by molar-refractivity contribution is -0.125. The molecule has 0 spiro atoms. The Kier molecular flexibility index (Phi) is 5.42.